The molecule has 1 aliphatic rings. The quantitative estimate of drug-likeness (QED) is 0.633. The van der Waals surface area contributed by atoms with E-state index in [9.17, 15) is 0 Å². The first-order valence-electron chi connectivity index (χ1n) is 9.74. The van der Waals surface area contributed by atoms with Crippen molar-refractivity contribution in [1.82, 2.24) is 15.0 Å². The first-order valence-corrected chi connectivity index (χ1v) is 9.74. The van der Waals surface area contributed by atoms with E-state index in [1.54, 1.807) is 13.3 Å². The summed E-state index contributed by atoms with van der Waals surface area (Å²) in [6.07, 6.45) is 6.64. The molecule has 0 saturated heterocycles. The molecule has 0 unspecified atom stereocenters. The molecule has 0 aliphatic heterocycles. The summed E-state index contributed by atoms with van der Waals surface area (Å²) in [7, 11) is 1.69. The van der Waals surface area contributed by atoms with Crippen LogP contribution in [0.1, 0.15) is 31.2 Å². The van der Waals surface area contributed by atoms with Gasteiger partial charge in [0.2, 0.25) is 5.95 Å². The Bertz CT molecular complexity index is 910. The summed E-state index contributed by atoms with van der Waals surface area (Å²) in [5.74, 6) is 2.28. The molecule has 0 spiro atoms. The van der Waals surface area contributed by atoms with Crippen molar-refractivity contribution in [2.24, 2.45) is 0 Å². The highest BCUT2D eigenvalue weighted by Gasteiger charge is 2.17. The van der Waals surface area contributed by atoms with Gasteiger partial charge in [0.05, 0.1) is 18.5 Å². The Hall–Kier alpha value is -3.15. The van der Waals surface area contributed by atoms with Gasteiger partial charge >= 0.3 is 0 Å². The first-order chi connectivity index (χ1) is 13.8. The van der Waals surface area contributed by atoms with Crippen LogP contribution in [-0.4, -0.2) is 28.1 Å². The molecule has 0 bridgehead atoms. The van der Waals surface area contributed by atoms with Gasteiger partial charge in [-0.3, -0.25) is 4.98 Å². The summed E-state index contributed by atoms with van der Waals surface area (Å²) in [5.41, 5.74) is 2.71. The lowest BCUT2D eigenvalue weighted by Crippen LogP contribution is -2.17. The minimum absolute atomic E-state index is 0.445. The van der Waals surface area contributed by atoms with Crippen LogP contribution in [0, 0.1) is 0 Å². The second kappa shape index (κ2) is 8.69. The number of nitrogens with zero attached hydrogens (tertiary/aromatic N) is 3. The molecule has 6 heteroatoms. The molecule has 1 aliphatic carbocycles. The molecule has 6 nitrogen and oxygen atoms in total. The fraction of sp³-hybridized carbons (Fsp3) is 0.318. The molecule has 144 valence electrons. The maximum Gasteiger partial charge on any atom is 0.225 e. The number of rotatable bonds is 7. The zero-order valence-electron chi connectivity index (χ0n) is 16.1. The van der Waals surface area contributed by atoms with E-state index < -0.39 is 0 Å². The second-order valence-electron chi connectivity index (χ2n) is 6.97. The van der Waals surface area contributed by atoms with Crippen LogP contribution in [0.4, 0.5) is 11.8 Å². The van der Waals surface area contributed by atoms with Crippen LogP contribution in [0.5, 0.6) is 5.75 Å². The maximum atomic E-state index is 5.44. The molecule has 1 saturated carbocycles. The van der Waals surface area contributed by atoms with Gasteiger partial charge in [-0.2, -0.15) is 4.98 Å². The van der Waals surface area contributed by atoms with Crippen LogP contribution in [-0.2, 0) is 6.54 Å². The lowest BCUT2D eigenvalue weighted by atomic mass is 10.2. The molecule has 4 rings (SSSR count). The zero-order valence-corrected chi connectivity index (χ0v) is 16.1. The average Bonchev–Trinajstić information content (AvgIpc) is 3.26. The number of ether oxygens (including phenoxy) is 1. The molecule has 1 aromatic carbocycles. The van der Waals surface area contributed by atoms with Crippen LogP contribution in [0.2, 0.25) is 0 Å². The smallest absolute Gasteiger partial charge is 0.225 e. The van der Waals surface area contributed by atoms with E-state index in [1.165, 1.54) is 25.7 Å². The van der Waals surface area contributed by atoms with E-state index >= 15 is 0 Å². The third-order valence-corrected chi connectivity index (χ3v) is 4.99. The molecule has 2 N–H and O–H groups in total. The number of aromatic nitrogens is 3. The van der Waals surface area contributed by atoms with Crippen molar-refractivity contribution >= 4 is 11.8 Å². The predicted octanol–water partition coefficient (Wildman–Crippen LogP) is 4.51. The lowest BCUT2D eigenvalue weighted by molar-refractivity contribution is 0.410. The van der Waals surface area contributed by atoms with Gasteiger partial charge in [-0.1, -0.05) is 37.1 Å². The fourth-order valence-electron chi connectivity index (χ4n) is 3.54. The predicted molar refractivity (Wildman–Crippen MR) is 111 cm³/mol. The SMILES string of the molecule is COc1ccccc1CNc1cc(-c2ccccn2)nc(NC2CCCC2)n1. The van der Waals surface area contributed by atoms with Gasteiger partial charge < -0.3 is 15.4 Å². The van der Waals surface area contributed by atoms with E-state index in [0.29, 0.717) is 18.5 Å². The highest BCUT2D eigenvalue weighted by molar-refractivity contribution is 5.61. The third kappa shape index (κ3) is 4.39. The molecule has 3 aromatic rings. The zero-order chi connectivity index (χ0) is 19.2. The van der Waals surface area contributed by atoms with Crippen LogP contribution < -0.4 is 15.4 Å². The third-order valence-electron chi connectivity index (χ3n) is 4.99. The van der Waals surface area contributed by atoms with Gasteiger partial charge in [-0.05, 0) is 31.0 Å². The number of hydrogen-bond donors (Lipinski definition) is 2. The summed E-state index contributed by atoms with van der Waals surface area (Å²) in [4.78, 5) is 13.8. The van der Waals surface area contributed by atoms with E-state index in [1.807, 2.05) is 48.5 Å². The fourth-order valence-corrected chi connectivity index (χ4v) is 3.54. The molecular weight excluding hydrogens is 350 g/mol. The number of hydrogen-bond acceptors (Lipinski definition) is 6. The summed E-state index contributed by atoms with van der Waals surface area (Å²) in [6, 6.07) is 16.2. The van der Waals surface area contributed by atoms with Crippen molar-refractivity contribution < 1.29 is 4.74 Å². The van der Waals surface area contributed by atoms with E-state index in [-0.39, 0.29) is 0 Å². The largest absolute Gasteiger partial charge is 0.496 e. The van der Waals surface area contributed by atoms with Crippen molar-refractivity contribution in [3.63, 3.8) is 0 Å². The van der Waals surface area contributed by atoms with Gasteiger partial charge in [0.1, 0.15) is 11.6 Å². The summed E-state index contributed by atoms with van der Waals surface area (Å²) < 4.78 is 5.44. The number of para-hydroxylation sites is 1. The minimum atomic E-state index is 0.445. The maximum absolute atomic E-state index is 5.44. The standard InChI is InChI=1S/C22H25N5O/c1-28-20-12-5-2-8-16(20)15-24-21-14-19(18-11-6-7-13-23-18)26-22(27-21)25-17-9-3-4-10-17/h2,5-8,11-14,17H,3-4,9-10,15H2,1H3,(H2,24,25,26,27). The monoisotopic (exact) mass is 375 g/mol. The molecule has 0 radical (unpaired) electrons. The first kappa shape index (κ1) is 18.2. The van der Waals surface area contributed by atoms with E-state index in [2.05, 4.69) is 15.6 Å². The second-order valence-corrected chi connectivity index (χ2v) is 6.97. The Balaban J connectivity index is 1.59. The summed E-state index contributed by atoms with van der Waals surface area (Å²) in [6.45, 7) is 0.617. The normalized spacial score (nSPS) is 14.0. The van der Waals surface area contributed by atoms with Crippen molar-refractivity contribution in [2.75, 3.05) is 17.7 Å². The van der Waals surface area contributed by atoms with Crippen molar-refractivity contribution in [1.29, 1.82) is 0 Å². The van der Waals surface area contributed by atoms with Gasteiger partial charge in [-0.15, -0.1) is 0 Å². The Morgan fingerprint density at radius 3 is 2.61 bits per heavy atom. The number of nitrogens with one attached hydrogen (secondary N) is 2. The van der Waals surface area contributed by atoms with E-state index in [0.717, 1.165) is 28.5 Å². The van der Waals surface area contributed by atoms with Crippen LogP contribution in [0.25, 0.3) is 11.4 Å². The number of anilines is 2. The Labute approximate surface area is 165 Å². The van der Waals surface area contributed by atoms with Gasteiger partial charge in [0.15, 0.2) is 0 Å². The molecular formula is C22H25N5O. The Morgan fingerprint density at radius 2 is 1.82 bits per heavy atom. The Morgan fingerprint density at radius 1 is 1.00 bits per heavy atom. The molecule has 0 atom stereocenters. The van der Waals surface area contributed by atoms with Crippen molar-refractivity contribution in [3.05, 3.63) is 60.3 Å². The number of pyridine rings is 1. The molecule has 2 heterocycles. The summed E-state index contributed by atoms with van der Waals surface area (Å²) in [5, 5.41) is 6.91. The van der Waals surface area contributed by atoms with Crippen LogP contribution in [0.3, 0.4) is 0 Å². The average molecular weight is 375 g/mol. The molecule has 1 fully saturated rings. The lowest BCUT2D eigenvalue weighted by Gasteiger charge is -2.15. The van der Waals surface area contributed by atoms with Gasteiger partial charge in [0.25, 0.3) is 0 Å². The summed E-state index contributed by atoms with van der Waals surface area (Å²) >= 11 is 0. The number of methoxy groups -OCH3 is 1. The van der Waals surface area contributed by atoms with Crippen molar-refractivity contribution in [2.45, 2.75) is 38.3 Å². The van der Waals surface area contributed by atoms with E-state index in [4.69, 9.17) is 14.7 Å². The van der Waals surface area contributed by atoms with Crippen molar-refractivity contribution in [3.8, 4) is 17.1 Å². The van der Waals surface area contributed by atoms with Crippen LogP contribution >= 0.6 is 0 Å². The number of benzene rings is 1. The molecule has 28 heavy (non-hydrogen) atoms. The topological polar surface area (TPSA) is 72.0 Å². The molecule has 2 aromatic heterocycles. The minimum Gasteiger partial charge on any atom is -0.496 e. The van der Waals surface area contributed by atoms with Gasteiger partial charge in [-0.25, -0.2) is 4.98 Å². The highest BCUT2D eigenvalue weighted by Crippen LogP contribution is 2.25. The Kier molecular flexibility index (Phi) is 5.66. The molecule has 0 amide bonds. The highest BCUT2D eigenvalue weighted by atomic mass is 16.5. The van der Waals surface area contributed by atoms with Crippen LogP contribution in [0.15, 0.2) is 54.7 Å². The van der Waals surface area contributed by atoms with Gasteiger partial charge in [0, 0.05) is 30.4 Å².